The minimum absolute atomic E-state index is 0.126. The molecule has 0 spiro atoms. The van der Waals surface area contributed by atoms with Crippen molar-refractivity contribution in [2.75, 3.05) is 146 Å². The van der Waals surface area contributed by atoms with E-state index in [0.717, 1.165) is 207 Å². The molecule has 636 valence electrons. The van der Waals surface area contributed by atoms with Crippen LogP contribution in [0.25, 0.3) is 67.6 Å². The standard InChI is InChI=1S/C27H29FN6O.C25H27FN6.C23H23N5O.C23H22N4O2/c1-18(2)32-11-13-33(14-12-32)23-5-3-22(4-6-23)31-24-7-8-25(34-10-9-30-27(24)34)19-15-20(26(29)35)17-21(28)16-19;1-18(2)30-11-13-31(14-12-30)22-5-3-21(4-6-22)29-23-7-8-24(32-10-9-28-25(23)32)19-15-20(26)17-27-16-19;1-17-14-18(16-24-15-17)22-7-6-21(23-25-8-9-28(22)23)26-19-2-4-20(5-3-19)27-10-12-29-13-11-27;28-20-7-1-17(2-8-20)22-10-9-21(23-24-11-12-27(22)23)25-18-3-5-19(6-4-18)26-13-15-29-16-14-26/h3-10,15-18,31H,11-14H2,1-2H3,(H2,29,35);3-10,15-18,29H,11-14H2,1-2H3;2-9,14-16,26H,10-13H2,1H3;1-12,25,28H,13-16H2. The van der Waals surface area contributed by atoms with E-state index in [9.17, 15) is 18.7 Å². The third kappa shape index (κ3) is 19.5. The fourth-order valence-electron chi connectivity index (χ4n) is 16.4. The SMILES string of the molecule is CC(C)N1CCN(c2ccc(Nc3ccc(-c4cc(F)cc(C(N)=O)c4)n4ccnc34)cc2)CC1.CC(C)N1CCN(c2ccc(Nc3ccc(-c4cncc(F)c4)n4ccnc34)cc2)CC1.Cc1cncc(-c2ccc(Nc3ccc(N4CCOCC4)cc3)c3nccn23)c1.Oc1ccc(-c2ccc(Nc3ccc(N4CCOCC4)cc3)c3nccn23)cc1. The number of phenols is 1. The highest BCUT2D eigenvalue weighted by Gasteiger charge is 2.24. The Balaban J connectivity index is 0.000000118. The van der Waals surface area contributed by atoms with Gasteiger partial charge in [-0.15, -0.1) is 0 Å². The third-order valence-electron chi connectivity index (χ3n) is 23.2. The second-order valence-corrected chi connectivity index (χ2v) is 31.9. The highest BCUT2D eigenvalue weighted by molar-refractivity contribution is 5.94. The van der Waals surface area contributed by atoms with E-state index in [2.05, 4.69) is 245 Å². The van der Waals surface area contributed by atoms with Crippen LogP contribution >= 0.6 is 0 Å². The Morgan fingerprint density at radius 1 is 0.368 bits per heavy atom. The number of imidazole rings is 4. The summed E-state index contributed by atoms with van der Waals surface area (Å²) in [6, 6.07) is 66.1. The van der Waals surface area contributed by atoms with E-state index in [-0.39, 0.29) is 17.1 Å². The van der Waals surface area contributed by atoms with Gasteiger partial charge in [0.15, 0.2) is 22.6 Å². The Morgan fingerprint density at radius 2 is 0.696 bits per heavy atom. The van der Waals surface area contributed by atoms with Crippen LogP contribution in [0, 0.1) is 18.6 Å². The molecule has 0 radical (unpaired) electrons. The van der Waals surface area contributed by atoms with Crippen LogP contribution in [0.2, 0.25) is 0 Å². The summed E-state index contributed by atoms with van der Waals surface area (Å²) < 4.78 is 46.6. The monoisotopic (exact) mass is 1670 g/mol. The fourth-order valence-corrected chi connectivity index (χ4v) is 16.4. The second kappa shape index (κ2) is 38.0. The molecule has 16 aromatic rings. The Bertz CT molecular complexity index is 6350. The number of benzene rings is 6. The predicted molar refractivity (Wildman–Crippen MR) is 496 cm³/mol. The maximum Gasteiger partial charge on any atom is 0.248 e. The molecule has 7 N–H and O–H groups in total. The molecule has 27 heteroatoms. The zero-order valence-corrected chi connectivity index (χ0v) is 70.6. The maximum atomic E-state index is 14.1. The second-order valence-electron chi connectivity index (χ2n) is 31.9. The van der Waals surface area contributed by atoms with Gasteiger partial charge in [-0.05, 0) is 246 Å². The molecule has 4 fully saturated rings. The number of aryl methyl sites for hydroxylation is 1. The lowest BCUT2D eigenvalue weighted by molar-refractivity contribution is 0.0999. The lowest BCUT2D eigenvalue weighted by Crippen LogP contribution is -2.48. The number of phenolic OH excluding ortho intramolecular Hbond substituents is 1. The molecule has 14 heterocycles. The minimum atomic E-state index is -0.670. The molecule has 0 atom stereocenters. The van der Waals surface area contributed by atoms with Crippen molar-refractivity contribution in [1.29, 1.82) is 0 Å². The molecule has 125 heavy (non-hydrogen) atoms. The first-order chi connectivity index (χ1) is 61.0. The van der Waals surface area contributed by atoms with E-state index >= 15 is 0 Å². The van der Waals surface area contributed by atoms with Crippen LogP contribution in [0.1, 0.15) is 43.6 Å². The van der Waals surface area contributed by atoms with Crippen molar-refractivity contribution in [2.45, 2.75) is 46.7 Å². The number of nitrogens with zero attached hydrogens (tertiary/aromatic N) is 16. The number of hydrogen-bond donors (Lipinski definition) is 6. The molecule has 0 saturated carbocycles. The molecular weight excluding hydrogens is 1570 g/mol. The zero-order chi connectivity index (χ0) is 85.9. The van der Waals surface area contributed by atoms with Crippen molar-refractivity contribution in [3.8, 4) is 50.8 Å². The number of anilines is 12. The Hall–Kier alpha value is -14.3. The lowest BCUT2D eigenvalue weighted by atomic mass is 10.1. The van der Waals surface area contributed by atoms with Gasteiger partial charge in [-0.3, -0.25) is 42.2 Å². The summed E-state index contributed by atoms with van der Waals surface area (Å²) in [5.41, 5.74) is 29.4. The van der Waals surface area contributed by atoms with Crippen LogP contribution in [0.4, 0.5) is 77.0 Å². The van der Waals surface area contributed by atoms with Gasteiger partial charge in [-0.25, -0.2) is 28.7 Å². The van der Waals surface area contributed by atoms with Gasteiger partial charge < -0.3 is 61.2 Å². The molecule has 4 aliphatic rings. The van der Waals surface area contributed by atoms with Gasteiger partial charge in [0.2, 0.25) is 5.91 Å². The predicted octanol–water partition coefficient (Wildman–Crippen LogP) is 17.9. The molecule has 10 aromatic heterocycles. The normalized spacial score (nSPS) is 14.5. The average Bonchev–Trinajstić information content (AvgIpc) is 1.69. The number of rotatable bonds is 19. The number of morpholine rings is 2. The van der Waals surface area contributed by atoms with E-state index in [4.69, 9.17) is 15.2 Å². The van der Waals surface area contributed by atoms with Gasteiger partial charge in [-0.1, -0.05) is 0 Å². The summed E-state index contributed by atoms with van der Waals surface area (Å²) in [4.78, 5) is 52.6. The summed E-state index contributed by atoms with van der Waals surface area (Å²) in [5, 5.41) is 23.5. The number of nitrogens with two attached hydrogens (primary N) is 1. The smallest absolute Gasteiger partial charge is 0.248 e. The van der Waals surface area contributed by atoms with Crippen molar-refractivity contribution in [1.82, 2.24) is 57.3 Å². The molecule has 25 nitrogen and oxygen atoms in total. The van der Waals surface area contributed by atoms with Crippen LogP contribution in [-0.2, 0) is 9.47 Å². The number of aromatic hydroxyl groups is 1. The molecule has 0 bridgehead atoms. The number of amides is 1. The number of hydrogen-bond acceptors (Lipinski definition) is 20. The number of carbonyl (C=O) groups excluding carboxylic acids is 1. The quantitative estimate of drug-likeness (QED) is 0.0441. The molecule has 20 rings (SSSR count). The highest BCUT2D eigenvalue weighted by Crippen LogP contribution is 2.36. The van der Waals surface area contributed by atoms with E-state index in [0.29, 0.717) is 34.6 Å². The number of piperazine rings is 2. The largest absolute Gasteiger partial charge is 0.508 e. The average molecular weight is 1680 g/mol. The summed E-state index contributed by atoms with van der Waals surface area (Å²) in [5.74, 6) is -1.29. The van der Waals surface area contributed by atoms with E-state index in [1.807, 2.05) is 94.6 Å². The molecule has 0 aliphatic carbocycles. The van der Waals surface area contributed by atoms with E-state index in [1.54, 1.807) is 43.0 Å². The topological polar surface area (TPSA) is 244 Å². The number of pyridine rings is 6. The number of carbonyl (C=O) groups is 1. The highest BCUT2D eigenvalue weighted by atomic mass is 19.1. The molecule has 1 amide bonds. The van der Waals surface area contributed by atoms with Gasteiger partial charge >= 0.3 is 0 Å². The van der Waals surface area contributed by atoms with Gasteiger partial charge in [-0.2, -0.15) is 0 Å². The number of fused-ring (bicyclic) bond motifs is 4. The van der Waals surface area contributed by atoms with Gasteiger partial charge in [0.25, 0.3) is 0 Å². The van der Waals surface area contributed by atoms with E-state index in [1.165, 1.54) is 41.1 Å². The molecule has 6 aromatic carbocycles. The van der Waals surface area contributed by atoms with Crippen molar-refractivity contribution in [2.24, 2.45) is 5.73 Å². The summed E-state index contributed by atoms with van der Waals surface area (Å²) in [6.07, 6.45) is 21.3. The lowest BCUT2D eigenvalue weighted by Gasteiger charge is -2.38. The van der Waals surface area contributed by atoms with Crippen LogP contribution in [0.3, 0.4) is 0 Å². The molecular formula is C98H101F2N21O4. The molecule has 0 unspecified atom stereocenters. The minimum Gasteiger partial charge on any atom is -0.508 e. The van der Waals surface area contributed by atoms with Crippen LogP contribution in [0.15, 0.2) is 275 Å². The number of ether oxygens (including phenoxy) is 2. The van der Waals surface area contributed by atoms with Crippen LogP contribution in [0.5, 0.6) is 5.75 Å². The van der Waals surface area contributed by atoms with Crippen molar-refractivity contribution < 1.29 is 28.2 Å². The summed E-state index contributed by atoms with van der Waals surface area (Å²) >= 11 is 0. The van der Waals surface area contributed by atoms with Crippen molar-refractivity contribution >= 4 is 96.7 Å². The van der Waals surface area contributed by atoms with E-state index < -0.39 is 11.7 Å². The first-order valence-electron chi connectivity index (χ1n) is 42.4. The summed E-state index contributed by atoms with van der Waals surface area (Å²) in [6.45, 7) is 26.5. The number of halogens is 2. The van der Waals surface area contributed by atoms with Crippen molar-refractivity contribution in [3.05, 3.63) is 297 Å². The zero-order valence-electron chi connectivity index (χ0n) is 70.6. The van der Waals surface area contributed by atoms with Gasteiger partial charge in [0, 0.05) is 227 Å². The summed E-state index contributed by atoms with van der Waals surface area (Å²) in [7, 11) is 0. The first-order valence-corrected chi connectivity index (χ1v) is 42.4. The Morgan fingerprint density at radius 3 is 1.04 bits per heavy atom. The van der Waals surface area contributed by atoms with Crippen LogP contribution < -0.4 is 46.6 Å². The maximum absolute atomic E-state index is 14.1. The third-order valence-corrected chi connectivity index (χ3v) is 23.2. The van der Waals surface area contributed by atoms with Gasteiger partial charge in [0.05, 0.1) is 78.1 Å². The number of primary amides is 1. The van der Waals surface area contributed by atoms with Crippen LogP contribution in [-0.4, -0.2) is 185 Å². The number of nitrogens with one attached hydrogen (secondary N) is 4. The van der Waals surface area contributed by atoms with Gasteiger partial charge in [0.1, 0.15) is 17.4 Å². The first kappa shape index (κ1) is 83.0. The van der Waals surface area contributed by atoms with Crippen molar-refractivity contribution in [3.63, 3.8) is 0 Å². The Kier molecular flexibility index (Phi) is 25.3. The molecule has 4 aliphatic heterocycles. The molecule has 4 saturated heterocycles. The fraction of sp³-hybridized carbons (Fsp3) is 0.235. The number of aromatic nitrogens is 10. The Labute approximate surface area is 724 Å².